The lowest BCUT2D eigenvalue weighted by Crippen LogP contribution is -2.54. The number of nitrogens with zero attached hydrogens (tertiary/aromatic N) is 2. The van der Waals surface area contributed by atoms with Crippen molar-refractivity contribution < 1.29 is 29.0 Å². The van der Waals surface area contributed by atoms with Crippen molar-refractivity contribution in [2.45, 2.75) is 44.6 Å². The summed E-state index contributed by atoms with van der Waals surface area (Å²) < 4.78 is 5.74. The van der Waals surface area contributed by atoms with Crippen LogP contribution in [0.1, 0.15) is 58.5 Å². The number of carbonyl (C=O) groups excluding carboxylic acids is 4. The Labute approximate surface area is 184 Å². The maximum Gasteiger partial charge on any atom is 0.262 e. The number of fused-ring (bicyclic) bond motifs is 1. The van der Waals surface area contributed by atoms with E-state index >= 15 is 0 Å². The molecule has 2 aliphatic rings. The van der Waals surface area contributed by atoms with Gasteiger partial charge in [-0.15, -0.1) is 0 Å². The molecule has 0 bridgehead atoms. The van der Waals surface area contributed by atoms with Crippen molar-refractivity contribution in [3.63, 3.8) is 0 Å². The number of hydrogen-bond donors (Lipinski definition) is 2. The number of nitrogens with one attached hydrogen (secondary N) is 1. The highest BCUT2D eigenvalue weighted by Crippen LogP contribution is 2.30. The van der Waals surface area contributed by atoms with Gasteiger partial charge in [-0.3, -0.25) is 34.4 Å². The molecule has 1 fully saturated rings. The lowest BCUT2D eigenvalue weighted by molar-refractivity contribution is -0.136. The van der Waals surface area contributed by atoms with E-state index in [-0.39, 0.29) is 29.7 Å². The highest BCUT2D eigenvalue weighted by molar-refractivity contribution is 6.23. The highest BCUT2D eigenvalue weighted by atomic mass is 16.5. The number of aromatic nitrogens is 1. The first kappa shape index (κ1) is 21.5. The van der Waals surface area contributed by atoms with Crippen molar-refractivity contribution in [3.05, 3.63) is 53.3 Å². The van der Waals surface area contributed by atoms with Crippen LogP contribution in [-0.4, -0.2) is 51.3 Å². The third kappa shape index (κ3) is 4.46. The number of carbonyl (C=O) groups is 4. The zero-order valence-electron chi connectivity index (χ0n) is 17.4. The molecule has 9 heteroatoms. The van der Waals surface area contributed by atoms with Gasteiger partial charge >= 0.3 is 0 Å². The number of aryl methyl sites for hydroxylation is 1. The van der Waals surface area contributed by atoms with Crippen molar-refractivity contribution in [1.29, 1.82) is 0 Å². The molecule has 166 valence electrons. The third-order valence-corrected chi connectivity index (χ3v) is 5.57. The summed E-state index contributed by atoms with van der Waals surface area (Å²) >= 11 is 0. The number of amides is 4. The number of imide groups is 2. The number of piperidine rings is 1. The molecule has 3 heterocycles. The van der Waals surface area contributed by atoms with Gasteiger partial charge in [0, 0.05) is 12.1 Å². The van der Waals surface area contributed by atoms with Crippen LogP contribution in [0.25, 0.3) is 0 Å². The Kier molecular flexibility index (Phi) is 6.16. The van der Waals surface area contributed by atoms with E-state index in [0.29, 0.717) is 12.4 Å². The minimum Gasteiger partial charge on any atom is -0.506 e. The fraction of sp³-hybridized carbons (Fsp3) is 0.348. The van der Waals surface area contributed by atoms with Gasteiger partial charge in [-0.1, -0.05) is 0 Å². The quantitative estimate of drug-likeness (QED) is 0.478. The molecule has 0 aliphatic carbocycles. The summed E-state index contributed by atoms with van der Waals surface area (Å²) in [4.78, 5) is 54.1. The predicted molar refractivity (Wildman–Crippen MR) is 112 cm³/mol. The molecule has 9 nitrogen and oxygen atoms in total. The molecule has 32 heavy (non-hydrogen) atoms. The number of unbranched alkanes of at least 4 members (excludes halogenated alkanes) is 2. The minimum atomic E-state index is -0.979. The summed E-state index contributed by atoms with van der Waals surface area (Å²) in [5, 5.41) is 11.4. The fourth-order valence-electron chi connectivity index (χ4n) is 3.88. The Balaban J connectivity index is 1.29. The molecule has 2 aromatic rings. The second kappa shape index (κ2) is 9.17. The van der Waals surface area contributed by atoms with Gasteiger partial charge in [0.1, 0.15) is 17.5 Å². The summed E-state index contributed by atoms with van der Waals surface area (Å²) in [6, 6.07) is 7.14. The van der Waals surface area contributed by atoms with Crippen LogP contribution in [-0.2, 0) is 16.0 Å². The van der Waals surface area contributed by atoms with E-state index in [1.54, 1.807) is 18.2 Å². The molecule has 1 unspecified atom stereocenters. The molecule has 4 amide bonds. The maximum absolute atomic E-state index is 12.8. The van der Waals surface area contributed by atoms with E-state index in [9.17, 15) is 24.3 Å². The van der Waals surface area contributed by atoms with Crippen LogP contribution >= 0.6 is 0 Å². The molecule has 2 aliphatic heterocycles. The monoisotopic (exact) mass is 437 g/mol. The lowest BCUT2D eigenvalue weighted by atomic mass is 10.0. The average Bonchev–Trinajstić information content (AvgIpc) is 3.02. The largest absolute Gasteiger partial charge is 0.506 e. The number of benzene rings is 1. The van der Waals surface area contributed by atoms with Crippen LogP contribution in [0, 0.1) is 0 Å². The van der Waals surface area contributed by atoms with E-state index in [1.807, 2.05) is 0 Å². The average molecular weight is 437 g/mol. The molecule has 4 rings (SSSR count). The van der Waals surface area contributed by atoms with Gasteiger partial charge in [0.2, 0.25) is 11.8 Å². The highest BCUT2D eigenvalue weighted by Gasteiger charge is 2.44. The summed E-state index contributed by atoms with van der Waals surface area (Å²) in [5.41, 5.74) is 1.36. The summed E-state index contributed by atoms with van der Waals surface area (Å²) in [7, 11) is 0. The van der Waals surface area contributed by atoms with E-state index in [4.69, 9.17) is 4.74 Å². The van der Waals surface area contributed by atoms with Crippen molar-refractivity contribution in [1.82, 2.24) is 15.2 Å². The van der Waals surface area contributed by atoms with Crippen molar-refractivity contribution >= 4 is 23.6 Å². The van der Waals surface area contributed by atoms with Crippen molar-refractivity contribution in [3.8, 4) is 11.5 Å². The van der Waals surface area contributed by atoms with Gasteiger partial charge in [0.15, 0.2) is 0 Å². The van der Waals surface area contributed by atoms with Crippen LogP contribution < -0.4 is 10.1 Å². The Hall–Kier alpha value is -3.75. The van der Waals surface area contributed by atoms with E-state index in [2.05, 4.69) is 10.3 Å². The van der Waals surface area contributed by atoms with Crippen LogP contribution in [0.3, 0.4) is 0 Å². The molecule has 2 N–H and O–H groups in total. The molecule has 0 radical (unpaired) electrons. The number of pyridine rings is 1. The second-order valence-electron chi connectivity index (χ2n) is 7.82. The molecular weight excluding hydrogens is 414 g/mol. The van der Waals surface area contributed by atoms with E-state index in [0.717, 1.165) is 36.3 Å². The van der Waals surface area contributed by atoms with Crippen LogP contribution in [0.15, 0.2) is 36.5 Å². The summed E-state index contributed by atoms with van der Waals surface area (Å²) in [6.07, 6.45) is 5.11. The van der Waals surface area contributed by atoms with E-state index in [1.165, 1.54) is 18.3 Å². The lowest BCUT2D eigenvalue weighted by Gasteiger charge is -2.27. The zero-order chi connectivity index (χ0) is 22.7. The Morgan fingerprint density at radius 2 is 1.84 bits per heavy atom. The van der Waals surface area contributed by atoms with Crippen molar-refractivity contribution in [2.24, 2.45) is 0 Å². The first-order valence-electron chi connectivity index (χ1n) is 10.6. The number of ether oxygens (including phenoxy) is 1. The standard InChI is InChI=1S/C23H23N3O6/c27-15-6-5-14(24-13-15)4-2-1-3-11-32-16-7-8-17-18(12-16)23(31)26(22(17)30)19-9-10-20(28)25-21(19)29/h5-8,12-13,19,27H,1-4,9-11H2,(H,25,28,29). The minimum absolute atomic E-state index is 0.0843. The Morgan fingerprint density at radius 3 is 2.59 bits per heavy atom. The van der Waals surface area contributed by atoms with Gasteiger partial charge < -0.3 is 9.84 Å². The van der Waals surface area contributed by atoms with Gasteiger partial charge in [-0.2, -0.15) is 0 Å². The maximum atomic E-state index is 12.8. The SMILES string of the molecule is O=C1CCC(N2C(=O)c3ccc(OCCCCCc4ccc(O)cn4)cc3C2=O)C(=O)N1. The molecule has 1 aromatic carbocycles. The normalized spacial score (nSPS) is 18.0. The summed E-state index contributed by atoms with van der Waals surface area (Å²) in [5.74, 6) is -1.49. The Morgan fingerprint density at radius 1 is 1.03 bits per heavy atom. The molecule has 0 saturated carbocycles. The molecule has 0 spiro atoms. The van der Waals surface area contributed by atoms with Gasteiger partial charge in [0.05, 0.1) is 23.9 Å². The third-order valence-electron chi connectivity index (χ3n) is 5.57. The predicted octanol–water partition coefficient (Wildman–Crippen LogP) is 1.98. The molecule has 1 saturated heterocycles. The second-order valence-corrected chi connectivity index (χ2v) is 7.82. The van der Waals surface area contributed by atoms with Crippen LogP contribution in [0.2, 0.25) is 0 Å². The zero-order valence-corrected chi connectivity index (χ0v) is 17.4. The van der Waals surface area contributed by atoms with E-state index < -0.39 is 29.7 Å². The molecule has 1 atom stereocenters. The van der Waals surface area contributed by atoms with Crippen LogP contribution in [0.4, 0.5) is 0 Å². The van der Waals surface area contributed by atoms with Gasteiger partial charge in [0.25, 0.3) is 11.8 Å². The van der Waals surface area contributed by atoms with Gasteiger partial charge in [-0.25, -0.2) is 0 Å². The fourth-order valence-corrected chi connectivity index (χ4v) is 3.88. The van der Waals surface area contributed by atoms with Crippen molar-refractivity contribution in [2.75, 3.05) is 6.61 Å². The molecule has 1 aromatic heterocycles. The number of aromatic hydroxyl groups is 1. The number of hydrogen-bond acceptors (Lipinski definition) is 7. The first-order valence-corrected chi connectivity index (χ1v) is 10.6. The van der Waals surface area contributed by atoms with Crippen LogP contribution in [0.5, 0.6) is 11.5 Å². The molecular formula is C23H23N3O6. The topological polar surface area (TPSA) is 126 Å². The summed E-state index contributed by atoms with van der Waals surface area (Å²) in [6.45, 7) is 0.459. The first-order chi connectivity index (χ1) is 15.4. The van der Waals surface area contributed by atoms with Gasteiger partial charge in [-0.05, 0) is 62.4 Å². The smallest absolute Gasteiger partial charge is 0.262 e. The Bertz CT molecular complexity index is 1070. The number of rotatable bonds is 8.